The Balaban J connectivity index is 2.04. The number of rotatable bonds is 3. The highest BCUT2D eigenvalue weighted by Crippen LogP contribution is 2.32. The van der Waals surface area contributed by atoms with Crippen LogP contribution in [0.3, 0.4) is 0 Å². The molecule has 0 aromatic heterocycles. The van der Waals surface area contributed by atoms with Crippen LogP contribution in [0, 0.1) is 0 Å². The molecule has 4 nitrogen and oxygen atoms in total. The lowest BCUT2D eigenvalue weighted by Gasteiger charge is -2.13. The second kappa shape index (κ2) is 7.50. The van der Waals surface area contributed by atoms with E-state index in [-0.39, 0.29) is 15.8 Å². The fourth-order valence-electron chi connectivity index (χ4n) is 1.71. The first-order chi connectivity index (χ1) is 11.2. The molecule has 0 unspecified atom stereocenters. The smallest absolute Gasteiger partial charge is 0.404 e. The van der Waals surface area contributed by atoms with Crippen molar-refractivity contribution in [3.8, 4) is 5.75 Å². The van der Waals surface area contributed by atoms with E-state index in [9.17, 15) is 18.0 Å². The van der Waals surface area contributed by atoms with Gasteiger partial charge in [-0.3, -0.25) is 10.1 Å². The summed E-state index contributed by atoms with van der Waals surface area (Å²) in [6, 6.07) is 11.9. The number of carbonyl (C=O) groups excluding carboxylic acids is 1. The minimum atomic E-state index is -4.87. The third-order valence-corrected chi connectivity index (χ3v) is 3.19. The first-order valence-electron chi connectivity index (χ1n) is 6.47. The van der Waals surface area contributed by atoms with Crippen molar-refractivity contribution in [1.29, 1.82) is 0 Å². The number of hydrogen-bond acceptors (Lipinski definition) is 3. The van der Waals surface area contributed by atoms with E-state index in [1.54, 1.807) is 30.3 Å². The van der Waals surface area contributed by atoms with Gasteiger partial charge in [-0.2, -0.15) is 0 Å². The highest BCUT2D eigenvalue weighted by atomic mass is 35.5. The zero-order chi connectivity index (χ0) is 17.7. The Morgan fingerprint density at radius 1 is 1.12 bits per heavy atom. The molecule has 0 saturated carbocycles. The lowest BCUT2D eigenvalue weighted by atomic mass is 10.2. The molecule has 126 valence electrons. The van der Waals surface area contributed by atoms with Crippen LogP contribution in [0.25, 0.3) is 0 Å². The van der Waals surface area contributed by atoms with Crippen LogP contribution >= 0.6 is 23.8 Å². The molecule has 0 radical (unpaired) electrons. The molecule has 2 N–H and O–H groups in total. The summed E-state index contributed by atoms with van der Waals surface area (Å²) in [6.45, 7) is 0. The summed E-state index contributed by atoms with van der Waals surface area (Å²) in [7, 11) is 0. The molecule has 2 aromatic rings. The Bertz CT molecular complexity index is 754. The average Bonchev–Trinajstić information content (AvgIpc) is 2.50. The van der Waals surface area contributed by atoms with Gasteiger partial charge in [0.05, 0.1) is 5.02 Å². The van der Waals surface area contributed by atoms with E-state index in [0.717, 1.165) is 6.07 Å². The topological polar surface area (TPSA) is 50.4 Å². The van der Waals surface area contributed by atoms with E-state index < -0.39 is 18.0 Å². The normalized spacial score (nSPS) is 10.8. The molecule has 0 spiro atoms. The largest absolute Gasteiger partial charge is 0.573 e. The average molecular weight is 375 g/mol. The van der Waals surface area contributed by atoms with Gasteiger partial charge in [0.1, 0.15) is 5.75 Å². The summed E-state index contributed by atoms with van der Waals surface area (Å²) in [6.07, 6.45) is -4.87. The van der Waals surface area contributed by atoms with Gasteiger partial charge in [-0.25, -0.2) is 0 Å². The van der Waals surface area contributed by atoms with Gasteiger partial charge in [0.25, 0.3) is 5.91 Å². The van der Waals surface area contributed by atoms with Gasteiger partial charge in [0, 0.05) is 17.3 Å². The van der Waals surface area contributed by atoms with Gasteiger partial charge in [-0.15, -0.1) is 13.2 Å². The maximum atomic E-state index is 12.3. The minimum absolute atomic E-state index is 0.0795. The van der Waals surface area contributed by atoms with E-state index in [1.807, 2.05) is 0 Å². The highest BCUT2D eigenvalue weighted by molar-refractivity contribution is 7.80. The fraction of sp³-hybridized carbons (Fsp3) is 0.0667. The molecule has 0 fully saturated rings. The Morgan fingerprint density at radius 3 is 2.42 bits per heavy atom. The predicted molar refractivity (Wildman–Crippen MR) is 88.3 cm³/mol. The molecule has 0 atom stereocenters. The SMILES string of the molecule is O=C(NC(=S)Nc1ccc(Cl)c(OC(F)(F)F)c1)c1ccccc1. The second-order valence-corrected chi connectivity index (χ2v) is 5.28. The number of thiocarbonyl (C=S) groups is 1. The van der Waals surface area contributed by atoms with E-state index in [1.165, 1.54) is 12.1 Å². The van der Waals surface area contributed by atoms with E-state index in [0.29, 0.717) is 5.56 Å². The van der Waals surface area contributed by atoms with Crippen LogP contribution in [0.2, 0.25) is 5.02 Å². The number of carbonyl (C=O) groups is 1. The van der Waals surface area contributed by atoms with Gasteiger partial charge in [0.15, 0.2) is 5.11 Å². The molecule has 0 saturated heterocycles. The molecule has 0 bridgehead atoms. The van der Waals surface area contributed by atoms with Crippen LogP contribution in [0.15, 0.2) is 48.5 Å². The first-order valence-corrected chi connectivity index (χ1v) is 7.26. The molecule has 2 rings (SSSR count). The number of hydrogen-bond donors (Lipinski definition) is 2. The van der Waals surface area contributed by atoms with Gasteiger partial charge in [0.2, 0.25) is 0 Å². The Labute approximate surface area is 145 Å². The van der Waals surface area contributed by atoms with Gasteiger partial charge < -0.3 is 10.1 Å². The van der Waals surface area contributed by atoms with Gasteiger partial charge >= 0.3 is 6.36 Å². The molecular weight excluding hydrogens is 365 g/mol. The summed E-state index contributed by atoms with van der Waals surface area (Å²) in [5.41, 5.74) is 0.566. The molecule has 1 amide bonds. The molecule has 24 heavy (non-hydrogen) atoms. The molecule has 0 heterocycles. The lowest BCUT2D eigenvalue weighted by Crippen LogP contribution is -2.34. The number of halogens is 4. The summed E-state index contributed by atoms with van der Waals surface area (Å²) < 4.78 is 40.7. The number of nitrogens with one attached hydrogen (secondary N) is 2. The maximum Gasteiger partial charge on any atom is 0.573 e. The summed E-state index contributed by atoms with van der Waals surface area (Å²) in [5, 5.41) is 4.71. The monoisotopic (exact) mass is 374 g/mol. The van der Waals surface area contributed by atoms with E-state index in [4.69, 9.17) is 23.8 Å². The summed E-state index contributed by atoms with van der Waals surface area (Å²) >= 11 is 10.6. The Kier molecular flexibility index (Phi) is 5.63. The quantitative estimate of drug-likeness (QED) is 0.783. The zero-order valence-electron chi connectivity index (χ0n) is 11.9. The number of benzene rings is 2. The third kappa shape index (κ3) is 5.39. The fourth-order valence-corrected chi connectivity index (χ4v) is 2.08. The van der Waals surface area contributed by atoms with Crippen LogP contribution in [0.1, 0.15) is 10.4 Å². The summed E-state index contributed by atoms with van der Waals surface area (Å²) in [4.78, 5) is 11.9. The van der Waals surface area contributed by atoms with Crippen molar-refractivity contribution in [3.63, 3.8) is 0 Å². The van der Waals surface area contributed by atoms with Crippen LogP contribution in [-0.4, -0.2) is 17.4 Å². The van der Waals surface area contributed by atoms with Crippen LogP contribution in [-0.2, 0) is 0 Å². The molecule has 2 aromatic carbocycles. The van der Waals surface area contributed by atoms with Crippen molar-refractivity contribution in [2.75, 3.05) is 5.32 Å². The van der Waals surface area contributed by atoms with E-state index >= 15 is 0 Å². The summed E-state index contributed by atoms with van der Waals surface area (Å²) in [5.74, 6) is -1.03. The van der Waals surface area contributed by atoms with Gasteiger partial charge in [-0.05, 0) is 36.5 Å². The zero-order valence-corrected chi connectivity index (χ0v) is 13.4. The molecule has 0 aliphatic carbocycles. The number of ether oxygens (including phenoxy) is 1. The lowest BCUT2D eigenvalue weighted by molar-refractivity contribution is -0.274. The minimum Gasteiger partial charge on any atom is -0.404 e. The van der Waals surface area contributed by atoms with Crippen LogP contribution in [0.4, 0.5) is 18.9 Å². The number of alkyl halides is 3. The van der Waals surface area contributed by atoms with Gasteiger partial charge in [-0.1, -0.05) is 29.8 Å². The second-order valence-electron chi connectivity index (χ2n) is 4.47. The van der Waals surface area contributed by atoms with Crippen LogP contribution < -0.4 is 15.4 Å². The van der Waals surface area contributed by atoms with Crippen molar-refractivity contribution in [3.05, 3.63) is 59.1 Å². The Morgan fingerprint density at radius 2 is 1.79 bits per heavy atom. The highest BCUT2D eigenvalue weighted by Gasteiger charge is 2.32. The molecule has 9 heteroatoms. The van der Waals surface area contributed by atoms with Crippen LogP contribution in [0.5, 0.6) is 5.75 Å². The third-order valence-electron chi connectivity index (χ3n) is 2.68. The molecule has 0 aliphatic rings. The van der Waals surface area contributed by atoms with Crippen molar-refractivity contribution in [2.24, 2.45) is 0 Å². The molecular formula is C15H10ClF3N2O2S. The maximum absolute atomic E-state index is 12.3. The number of amides is 1. The van der Waals surface area contributed by atoms with Crippen molar-refractivity contribution in [1.82, 2.24) is 5.32 Å². The first kappa shape index (κ1) is 18.0. The Hall–Kier alpha value is -2.32. The standard InChI is InChI=1S/C15H10ClF3N2O2S/c16-11-7-6-10(8-12(11)23-15(17,18)19)20-14(24)21-13(22)9-4-2-1-3-5-9/h1-8H,(H2,20,21,22,24). The number of anilines is 1. The van der Waals surface area contributed by atoms with Crippen molar-refractivity contribution >= 4 is 40.5 Å². The van der Waals surface area contributed by atoms with E-state index in [2.05, 4.69) is 15.4 Å². The van der Waals surface area contributed by atoms with Crippen molar-refractivity contribution < 1.29 is 22.7 Å². The van der Waals surface area contributed by atoms with Crippen molar-refractivity contribution in [2.45, 2.75) is 6.36 Å². The molecule has 0 aliphatic heterocycles. The predicted octanol–water partition coefficient (Wildman–Crippen LogP) is 4.37.